The van der Waals surface area contributed by atoms with E-state index in [9.17, 15) is 4.79 Å². The third kappa shape index (κ3) is 5.91. The van der Waals surface area contributed by atoms with Gasteiger partial charge in [-0.2, -0.15) is 5.26 Å². The molecule has 1 heterocycles. The normalized spacial score (nSPS) is 15.7. The van der Waals surface area contributed by atoms with Crippen molar-refractivity contribution in [1.29, 1.82) is 5.26 Å². The van der Waals surface area contributed by atoms with E-state index in [-0.39, 0.29) is 5.57 Å². The SMILES string of the molecule is N#C/C(=C/NCCN1CCNCC1)C(=O)Nc1cccc(Cl)c1. The fraction of sp³-hybridized carbons (Fsp3) is 0.375. The summed E-state index contributed by atoms with van der Waals surface area (Å²) in [6.07, 6.45) is 1.46. The lowest BCUT2D eigenvalue weighted by Gasteiger charge is -2.26. The van der Waals surface area contributed by atoms with E-state index < -0.39 is 5.91 Å². The zero-order valence-electron chi connectivity index (χ0n) is 12.8. The van der Waals surface area contributed by atoms with Crippen LogP contribution in [0.25, 0.3) is 0 Å². The molecule has 6 nitrogen and oxygen atoms in total. The summed E-state index contributed by atoms with van der Waals surface area (Å²) in [4.78, 5) is 14.4. The Kier molecular flexibility index (Phi) is 6.88. The number of rotatable bonds is 6. The Balaban J connectivity index is 1.80. The number of hydrogen-bond acceptors (Lipinski definition) is 5. The molecule has 1 saturated heterocycles. The van der Waals surface area contributed by atoms with Crippen molar-refractivity contribution in [3.8, 4) is 6.07 Å². The molecule has 122 valence electrons. The topological polar surface area (TPSA) is 80.2 Å². The molecule has 1 aromatic rings. The molecule has 0 saturated carbocycles. The molecule has 0 bridgehead atoms. The monoisotopic (exact) mass is 333 g/mol. The van der Waals surface area contributed by atoms with Gasteiger partial charge in [0.05, 0.1) is 0 Å². The third-order valence-corrected chi connectivity index (χ3v) is 3.71. The van der Waals surface area contributed by atoms with Gasteiger partial charge in [-0.25, -0.2) is 0 Å². The van der Waals surface area contributed by atoms with Crippen LogP contribution < -0.4 is 16.0 Å². The van der Waals surface area contributed by atoms with Gasteiger partial charge in [0.25, 0.3) is 5.91 Å². The number of nitriles is 1. The molecule has 1 aliphatic rings. The van der Waals surface area contributed by atoms with Crippen LogP contribution in [-0.4, -0.2) is 50.1 Å². The van der Waals surface area contributed by atoms with E-state index in [1.165, 1.54) is 6.20 Å². The van der Waals surface area contributed by atoms with E-state index in [1.807, 2.05) is 6.07 Å². The molecule has 1 amide bonds. The van der Waals surface area contributed by atoms with E-state index in [1.54, 1.807) is 24.3 Å². The Bertz CT molecular complexity index is 605. The van der Waals surface area contributed by atoms with Gasteiger partial charge in [0.2, 0.25) is 0 Å². The summed E-state index contributed by atoms with van der Waals surface area (Å²) in [6, 6.07) is 8.71. The fourth-order valence-electron chi connectivity index (χ4n) is 2.24. The number of nitrogens with zero attached hydrogens (tertiary/aromatic N) is 2. The predicted molar refractivity (Wildman–Crippen MR) is 91.1 cm³/mol. The minimum atomic E-state index is -0.454. The van der Waals surface area contributed by atoms with Crippen molar-refractivity contribution in [2.45, 2.75) is 0 Å². The van der Waals surface area contributed by atoms with E-state index in [2.05, 4.69) is 20.9 Å². The lowest BCUT2D eigenvalue weighted by molar-refractivity contribution is -0.112. The zero-order chi connectivity index (χ0) is 16.5. The Morgan fingerprint density at radius 2 is 2.22 bits per heavy atom. The minimum Gasteiger partial charge on any atom is -0.388 e. The smallest absolute Gasteiger partial charge is 0.267 e. The highest BCUT2D eigenvalue weighted by Gasteiger charge is 2.10. The zero-order valence-corrected chi connectivity index (χ0v) is 13.6. The number of carbonyl (C=O) groups is 1. The second-order valence-corrected chi connectivity index (χ2v) is 5.62. The van der Waals surface area contributed by atoms with Gasteiger partial charge in [-0.3, -0.25) is 9.69 Å². The number of halogens is 1. The highest BCUT2D eigenvalue weighted by Crippen LogP contribution is 2.15. The van der Waals surface area contributed by atoms with Crippen molar-refractivity contribution < 1.29 is 4.79 Å². The maximum Gasteiger partial charge on any atom is 0.267 e. The Morgan fingerprint density at radius 1 is 1.43 bits per heavy atom. The van der Waals surface area contributed by atoms with Gasteiger partial charge in [0.15, 0.2) is 0 Å². The van der Waals surface area contributed by atoms with Crippen molar-refractivity contribution in [3.63, 3.8) is 0 Å². The summed E-state index contributed by atoms with van der Waals surface area (Å²) >= 11 is 5.87. The summed E-state index contributed by atoms with van der Waals surface area (Å²) in [7, 11) is 0. The Morgan fingerprint density at radius 3 is 2.91 bits per heavy atom. The van der Waals surface area contributed by atoms with Gasteiger partial charge in [-0.05, 0) is 18.2 Å². The molecule has 2 rings (SSSR count). The average molecular weight is 334 g/mol. The highest BCUT2D eigenvalue weighted by molar-refractivity contribution is 6.31. The first-order valence-electron chi connectivity index (χ1n) is 7.52. The number of amides is 1. The van der Waals surface area contributed by atoms with Crippen LogP contribution in [0.1, 0.15) is 0 Å². The van der Waals surface area contributed by atoms with Gasteiger partial charge in [0, 0.05) is 56.2 Å². The van der Waals surface area contributed by atoms with Crippen LogP contribution in [0, 0.1) is 11.3 Å². The lowest BCUT2D eigenvalue weighted by Crippen LogP contribution is -2.45. The van der Waals surface area contributed by atoms with Crippen molar-refractivity contribution in [2.24, 2.45) is 0 Å². The van der Waals surface area contributed by atoms with Crippen LogP contribution in [0.15, 0.2) is 36.0 Å². The first-order valence-corrected chi connectivity index (χ1v) is 7.90. The number of anilines is 1. The lowest BCUT2D eigenvalue weighted by atomic mass is 10.2. The quantitative estimate of drug-likeness (QED) is 0.414. The van der Waals surface area contributed by atoms with Crippen LogP contribution in [0.3, 0.4) is 0 Å². The summed E-state index contributed by atoms with van der Waals surface area (Å²) in [5.74, 6) is -0.454. The van der Waals surface area contributed by atoms with Crippen LogP contribution in [0.4, 0.5) is 5.69 Å². The van der Waals surface area contributed by atoms with E-state index >= 15 is 0 Å². The second kappa shape index (κ2) is 9.16. The number of carbonyl (C=O) groups excluding carboxylic acids is 1. The van der Waals surface area contributed by atoms with Crippen molar-refractivity contribution in [2.75, 3.05) is 44.6 Å². The van der Waals surface area contributed by atoms with Crippen LogP contribution in [-0.2, 0) is 4.79 Å². The standard InChI is InChI=1S/C16H20ClN5O/c17-14-2-1-3-15(10-14)21-16(23)13(11-18)12-20-6-9-22-7-4-19-5-8-22/h1-3,10,12,19-20H,4-9H2,(H,21,23)/b13-12-. The van der Waals surface area contributed by atoms with Crippen LogP contribution in [0.2, 0.25) is 5.02 Å². The summed E-state index contributed by atoms with van der Waals surface area (Å²) in [6.45, 7) is 5.61. The molecule has 0 unspecified atom stereocenters. The van der Waals surface area contributed by atoms with Gasteiger partial charge >= 0.3 is 0 Å². The molecule has 23 heavy (non-hydrogen) atoms. The van der Waals surface area contributed by atoms with Gasteiger partial charge in [-0.15, -0.1) is 0 Å². The highest BCUT2D eigenvalue weighted by atomic mass is 35.5. The summed E-state index contributed by atoms with van der Waals surface area (Å²) < 4.78 is 0. The predicted octanol–water partition coefficient (Wildman–Crippen LogP) is 1.18. The second-order valence-electron chi connectivity index (χ2n) is 5.18. The molecule has 0 aliphatic carbocycles. The Labute approximate surface area is 141 Å². The number of piperazine rings is 1. The molecule has 0 atom stereocenters. The molecular formula is C16H20ClN5O. The van der Waals surface area contributed by atoms with Crippen LogP contribution >= 0.6 is 11.6 Å². The Hall–Kier alpha value is -2.07. The molecule has 0 spiro atoms. The molecule has 1 aromatic carbocycles. The first-order chi connectivity index (χ1) is 11.2. The van der Waals surface area contributed by atoms with Gasteiger partial charge in [-0.1, -0.05) is 17.7 Å². The molecular weight excluding hydrogens is 314 g/mol. The van der Waals surface area contributed by atoms with Gasteiger partial charge < -0.3 is 16.0 Å². The molecule has 0 aromatic heterocycles. The number of hydrogen-bond donors (Lipinski definition) is 3. The molecule has 1 aliphatic heterocycles. The van der Waals surface area contributed by atoms with Gasteiger partial charge in [0.1, 0.15) is 11.6 Å². The van der Waals surface area contributed by atoms with E-state index in [0.29, 0.717) is 17.3 Å². The van der Waals surface area contributed by atoms with Crippen molar-refractivity contribution in [3.05, 3.63) is 41.1 Å². The summed E-state index contributed by atoms with van der Waals surface area (Å²) in [5, 5.41) is 18.6. The maximum absolute atomic E-state index is 12.0. The van der Waals surface area contributed by atoms with E-state index in [0.717, 1.165) is 32.7 Å². The summed E-state index contributed by atoms with van der Waals surface area (Å²) in [5.41, 5.74) is 0.592. The minimum absolute atomic E-state index is 0.0327. The fourth-order valence-corrected chi connectivity index (χ4v) is 2.44. The van der Waals surface area contributed by atoms with Crippen molar-refractivity contribution in [1.82, 2.24) is 15.5 Å². The van der Waals surface area contributed by atoms with Crippen molar-refractivity contribution >= 4 is 23.2 Å². The van der Waals surface area contributed by atoms with E-state index in [4.69, 9.17) is 16.9 Å². The molecule has 1 fully saturated rings. The largest absolute Gasteiger partial charge is 0.388 e. The number of benzene rings is 1. The molecule has 0 radical (unpaired) electrons. The maximum atomic E-state index is 12.0. The first kappa shape index (κ1) is 17.3. The third-order valence-electron chi connectivity index (χ3n) is 3.48. The van der Waals surface area contributed by atoms with Crippen LogP contribution in [0.5, 0.6) is 0 Å². The molecule has 7 heteroatoms. The average Bonchev–Trinajstić information content (AvgIpc) is 2.56. The number of nitrogens with one attached hydrogen (secondary N) is 3. The molecule has 3 N–H and O–H groups in total.